The van der Waals surface area contributed by atoms with Gasteiger partial charge in [0, 0.05) is 17.7 Å². The molecule has 0 bridgehead atoms. The summed E-state index contributed by atoms with van der Waals surface area (Å²) in [4.78, 5) is 0. The molecule has 4 heteroatoms. The number of nitrogens with zero attached hydrogens (tertiary/aromatic N) is 2. The van der Waals surface area contributed by atoms with Crippen molar-refractivity contribution >= 4 is 41.0 Å². The average Bonchev–Trinajstić information content (AvgIpc) is 2.94. The first-order valence-electron chi connectivity index (χ1n) is 10.4. The van der Waals surface area contributed by atoms with E-state index in [1.54, 1.807) is 0 Å². The third kappa shape index (κ3) is 2.07. The minimum Gasteiger partial charge on any atom is -0.533 e. The van der Waals surface area contributed by atoms with Gasteiger partial charge in [0.1, 0.15) is 5.69 Å². The predicted octanol–water partition coefficient (Wildman–Crippen LogP) is 5.35. The molecule has 5 rings (SSSR count). The number of aromatic nitrogens is 2. The number of benzene rings is 2. The minimum absolute atomic E-state index is 0.389. The van der Waals surface area contributed by atoms with Crippen LogP contribution in [0, 0.1) is 6.92 Å². The van der Waals surface area contributed by atoms with Crippen molar-refractivity contribution in [3.8, 4) is 5.75 Å². The second-order valence-corrected chi connectivity index (χ2v) is 12.9. The third-order valence-corrected chi connectivity index (χ3v) is 8.73. The van der Waals surface area contributed by atoms with Crippen LogP contribution >= 0.6 is 0 Å². The van der Waals surface area contributed by atoms with Gasteiger partial charge >= 0.3 is 8.32 Å². The van der Waals surface area contributed by atoms with E-state index in [4.69, 9.17) is 4.43 Å². The molecule has 1 aliphatic rings. The number of hydrogen-bond donors (Lipinski definition) is 0. The van der Waals surface area contributed by atoms with E-state index in [1.807, 2.05) is 0 Å². The zero-order chi connectivity index (χ0) is 20.0. The Hall–Kier alpha value is -2.33. The average molecular weight is 390 g/mol. The molecule has 0 aliphatic carbocycles. The number of para-hydroxylation sites is 1. The lowest BCUT2D eigenvalue weighted by molar-refractivity contribution is -0.462. The Morgan fingerprint density at radius 3 is 2.32 bits per heavy atom. The number of fused-ring (bicyclic) bond motifs is 3. The maximum Gasteiger partial charge on any atom is 0.324 e. The minimum atomic E-state index is -2.08. The van der Waals surface area contributed by atoms with Gasteiger partial charge in [-0.15, -0.1) is 0 Å². The third-order valence-electron chi connectivity index (χ3n) is 6.27. The number of imidazole rings is 1. The Morgan fingerprint density at radius 1 is 0.964 bits per heavy atom. The van der Waals surface area contributed by atoms with Gasteiger partial charge in [-0.3, -0.25) is 0 Å². The molecule has 0 atom stereocenters. The van der Waals surface area contributed by atoms with Crippen LogP contribution < -0.4 is 14.1 Å². The fraction of sp³-hybridized carbons (Fsp3) is 0.375. The number of pyridine rings is 1. The molecule has 0 fully saturated rings. The molecule has 3 heterocycles. The van der Waals surface area contributed by atoms with E-state index >= 15 is 0 Å². The molecular weight excluding hydrogens is 360 g/mol. The van der Waals surface area contributed by atoms with Crippen molar-refractivity contribution in [3.63, 3.8) is 0 Å². The molecule has 4 aromatic rings. The van der Waals surface area contributed by atoms with Crippen molar-refractivity contribution < 1.29 is 8.83 Å². The molecule has 0 saturated carbocycles. The number of hydrogen-bond acceptors (Lipinski definition) is 1. The van der Waals surface area contributed by atoms with Gasteiger partial charge in [-0.25, -0.2) is 4.57 Å². The van der Waals surface area contributed by atoms with Crippen LogP contribution in [0.1, 0.15) is 50.9 Å². The highest BCUT2D eigenvalue weighted by Crippen LogP contribution is 2.38. The summed E-state index contributed by atoms with van der Waals surface area (Å²) in [6.45, 7) is 16.1. The van der Waals surface area contributed by atoms with E-state index in [9.17, 15) is 0 Å². The Morgan fingerprint density at radius 2 is 1.64 bits per heavy atom. The maximum absolute atomic E-state index is 6.69. The van der Waals surface area contributed by atoms with E-state index in [-0.39, 0.29) is 0 Å². The highest BCUT2D eigenvalue weighted by molar-refractivity contribution is 6.84. The maximum atomic E-state index is 6.69. The predicted molar refractivity (Wildman–Crippen MR) is 120 cm³/mol. The van der Waals surface area contributed by atoms with Crippen LogP contribution in [0.3, 0.4) is 0 Å². The Labute approximate surface area is 167 Å². The van der Waals surface area contributed by atoms with Crippen LogP contribution in [0.2, 0.25) is 13.1 Å². The fourth-order valence-electron chi connectivity index (χ4n) is 5.34. The number of rotatable bonds is 2. The monoisotopic (exact) mass is 389 g/mol. The van der Waals surface area contributed by atoms with Crippen molar-refractivity contribution in [1.29, 1.82) is 0 Å². The summed E-state index contributed by atoms with van der Waals surface area (Å²) >= 11 is 0. The largest absolute Gasteiger partial charge is 0.533 e. The van der Waals surface area contributed by atoms with Crippen LogP contribution in [0.4, 0.5) is 0 Å². The molecule has 1 aliphatic heterocycles. The van der Waals surface area contributed by atoms with E-state index in [2.05, 4.69) is 93.1 Å². The molecule has 28 heavy (non-hydrogen) atoms. The second kappa shape index (κ2) is 5.60. The summed E-state index contributed by atoms with van der Waals surface area (Å²) in [5.41, 5.74) is 5.35. The normalized spacial score (nSPS) is 15.5. The summed E-state index contributed by atoms with van der Waals surface area (Å²) in [6, 6.07) is 13.7. The van der Waals surface area contributed by atoms with Gasteiger partial charge in [0.15, 0.2) is 16.6 Å². The molecule has 0 saturated heterocycles. The van der Waals surface area contributed by atoms with Gasteiger partial charge in [-0.05, 0) is 50.6 Å². The van der Waals surface area contributed by atoms with Crippen LogP contribution in [-0.2, 0) is 0 Å². The van der Waals surface area contributed by atoms with Gasteiger partial charge in [0.25, 0.3) is 5.65 Å². The van der Waals surface area contributed by atoms with Crippen molar-refractivity contribution in [2.75, 3.05) is 0 Å². The van der Waals surface area contributed by atoms with E-state index < -0.39 is 8.32 Å². The Bertz CT molecular complexity index is 1280. The topological polar surface area (TPSA) is 18.3 Å². The van der Waals surface area contributed by atoms with Crippen molar-refractivity contribution in [1.82, 2.24) is 4.57 Å². The first-order chi connectivity index (χ1) is 13.2. The molecule has 0 N–H and O–H groups in total. The van der Waals surface area contributed by atoms with Crippen LogP contribution in [0.15, 0.2) is 36.4 Å². The van der Waals surface area contributed by atoms with E-state index in [1.165, 1.54) is 43.9 Å². The molecule has 0 spiro atoms. The SMILES string of the molecule is Cc1c2[n+]3c4c(cccc4c4cccc(C(C)C)c4c3n1C(C)C)O[Si]2(C)C. The quantitative estimate of drug-likeness (QED) is 0.257. The van der Waals surface area contributed by atoms with Crippen LogP contribution in [0.5, 0.6) is 5.75 Å². The lowest BCUT2D eigenvalue weighted by Gasteiger charge is -2.27. The second-order valence-electron chi connectivity index (χ2n) is 9.25. The molecule has 0 radical (unpaired) electrons. The van der Waals surface area contributed by atoms with Gasteiger partial charge in [0.05, 0.1) is 11.4 Å². The highest BCUT2D eigenvalue weighted by atomic mass is 28.4. The fourth-order valence-corrected chi connectivity index (χ4v) is 7.90. The van der Waals surface area contributed by atoms with Crippen molar-refractivity contribution in [2.45, 2.75) is 59.7 Å². The standard InChI is InChI=1S/C24H29N2OSi/c1-14(2)17-10-8-11-18-19-12-9-13-20-22(19)26-23(21(17)18)25(15(3)4)16(5)24(26)28(6,7)27-20/h8-15H,1-7H3/q+1. The molecule has 2 aromatic carbocycles. The van der Waals surface area contributed by atoms with Gasteiger partial charge in [0.2, 0.25) is 0 Å². The summed E-state index contributed by atoms with van der Waals surface area (Å²) < 4.78 is 11.8. The van der Waals surface area contributed by atoms with Crippen LogP contribution in [0.25, 0.3) is 27.3 Å². The summed E-state index contributed by atoms with van der Waals surface area (Å²) in [7, 11) is -2.08. The van der Waals surface area contributed by atoms with Crippen molar-refractivity contribution in [2.24, 2.45) is 0 Å². The summed E-state index contributed by atoms with van der Waals surface area (Å²) in [5, 5.41) is 5.43. The molecule has 2 aromatic heterocycles. The van der Waals surface area contributed by atoms with Gasteiger partial charge in [-0.1, -0.05) is 38.1 Å². The van der Waals surface area contributed by atoms with Crippen LogP contribution in [-0.4, -0.2) is 12.9 Å². The molecule has 0 unspecified atom stereocenters. The zero-order valence-corrected chi connectivity index (χ0v) is 18.9. The Kier molecular flexibility index (Phi) is 3.55. The van der Waals surface area contributed by atoms with Gasteiger partial charge < -0.3 is 4.43 Å². The zero-order valence-electron chi connectivity index (χ0n) is 17.9. The van der Waals surface area contributed by atoms with E-state index in [0.717, 1.165) is 5.75 Å². The van der Waals surface area contributed by atoms with E-state index in [0.29, 0.717) is 12.0 Å². The molecule has 144 valence electrons. The van der Waals surface area contributed by atoms with Gasteiger partial charge in [-0.2, -0.15) is 4.40 Å². The molecule has 3 nitrogen and oxygen atoms in total. The summed E-state index contributed by atoms with van der Waals surface area (Å²) in [5.74, 6) is 1.51. The summed E-state index contributed by atoms with van der Waals surface area (Å²) in [6.07, 6.45) is 0. The molecular formula is C24H29N2OSi+. The smallest absolute Gasteiger partial charge is 0.324 e. The Balaban J connectivity index is 2.23. The van der Waals surface area contributed by atoms with Crippen molar-refractivity contribution in [3.05, 3.63) is 47.7 Å². The highest BCUT2D eigenvalue weighted by Gasteiger charge is 2.46. The first kappa shape index (κ1) is 17.7. The lowest BCUT2D eigenvalue weighted by atomic mass is 9.94. The lowest BCUT2D eigenvalue weighted by Crippen LogP contribution is -2.62. The first-order valence-corrected chi connectivity index (χ1v) is 13.3. The molecule has 0 amide bonds.